The Morgan fingerprint density at radius 2 is 1.88 bits per heavy atom. The van der Waals surface area contributed by atoms with Crippen molar-refractivity contribution < 1.29 is 18.7 Å². The predicted octanol–water partition coefficient (Wildman–Crippen LogP) is 4.05. The molecule has 3 aromatic heterocycles. The van der Waals surface area contributed by atoms with Crippen molar-refractivity contribution in [3.05, 3.63) is 89.3 Å². The Balaban J connectivity index is 1.00. The second-order valence-electron chi connectivity index (χ2n) is 9.70. The second kappa shape index (κ2) is 12.0. The number of amides is 1. The van der Waals surface area contributed by atoms with E-state index in [1.54, 1.807) is 18.5 Å². The van der Waals surface area contributed by atoms with E-state index in [-0.39, 0.29) is 11.7 Å². The fourth-order valence-corrected chi connectivity index (χ4v) is 5.46. The number of pyridine rings is 1. The number of carbonyl (C=O) groups is 1. The number of aryl methyl sites for hydroxylation is 1. The van der Waals surface area contributed by atoms with Gasteiger partial charge in [-0.2, -0.15) is 0 Å². The van der Waals surface area contributed by atoms with Crippen LogP contribution in [0.15, 0.2) is 70.5 Å². The lowest BCUT2D eigenvalue weighted by molar-refractivity contribution is 0.0921. The molecule has 1 amide bonds. The largest absolute Gasteiger partial charge is 0.455 e. The van der Waals surface area contributed by atoms with Crippen LogP contribution in [0.4, 0.5) is 5.82 Å². The zero-order valence-corrected chi connectivity index (χ0v) is 23.0. The van der Waals surface area contributed by atoms with E-state index in [1.807, 2.05) is 37.3 Å². The molecule has 4 aromatic rings. The number of anilines is 1. The lowest BCUT2D eigenvalue weighted by Gasteiger charge is -2.35. The number of ether oxygens (including phenoxy) is 2. The van der Waals surface area contributed by atoms with Gasteiger partial charge in [0, 0.05) is 63.4 Å². The van der Waals surface area contributed by atoms with E-state index in [4.69, 9.17) is 18.9 Å². The highest BCUT2D eigenvalue weighted by molar-refractivity contribution is 7.98. The third-order valence-electron chi connectivity index (χ3n) is 6.76. The van der Waals surface area contributed by atoms with Crippen LogP contribution in [0.2, 0.25) is 0 Å². The van der Waals surface area contributed by atoms with Crippen LogP contribution < -0.4 is 19.7 Å². The van der Waals surface area contributed by atoms with Gasteiger partial charge in [-0.3, -0.25) is 14.7 Å². The van der Waals surface area contributed by atoms with Crippen molar-refractivity contribution in [2.24, 2.45) is 0 Å². The lowest BCUT2D eigenvalue weighted by Crippen LogP contribution is -2.46. The number of furan rings is 1. The first-order chi connectivity index (χ1) is 19.6. The normalized spacial score (nSPS) is 14.9. The molecular formula is C29H30N6O4S. The molecule has 206 valence electrons. The number of thioether (sulfide) groups is 1. The zero-order chi connectivity index (χ0) is 27.3. The van der Waals surface area contributed by atoms with Crippen molar-refractivity contribution in [3.63, 3.8) is 0 Å². The summed E-state index contributed by atoms with van der Waals surface area (Å²) in [6.45, 7) is 7.22. The van der Waals surface area contributed by atoms with E-state index < -0.39 is 0 Å². The molecule has 1 saturated heterocycles. The monoisotopic (exact) mass is 558 g/mol. The Morgan fingerprint density at radius 1 is 1.00 bits per heavy atom. The van der Waals surface area contributed by atoms with Gasteiger partial charge >= 0.3 is 0 Å². The molecule has 5 heterocycles. The molecule has 6 rings (SSSR count). The molecule has 0 radical (unpaired) electrons. The van der Waals surface area contributed by atoms with Gasteiger partial charge in [-0.15, -0.1) is 0 Å². The van der Waals surface area contributed by atoms with E-state index in [0.29, 0.717) is 30.0 Å². The molecule has 0 unspecified atom stereocenters. The quantitative estimate of drug-likeness (QED) is 0.239. The molecule has 0 atom stereocenters. The van der Waals surface area contributed by atoms with Gasteiger partial charge < -0.3 is 24.1 Å². The topological polar surface area (TPSA) is 106 Å². The smallest absolute Gasteiger partial charge is 0.287 e. The number of aromatic nitrogens is 3. The lowest BCUT2D eigenvalue weighted by atomic mass is 10.1. The standard InChI is InChI=1S/C29H30N6O4S/c1-20-13-27(35-11-9-34(10-12-35)17-21-4-6-24-26(14-21)38-19-37-24)33-29(32-20)40-18-23-5-7-25(39-23)28(36)31-16-22-3-2-8-30-15-22/h2-8,13-15H,9-12,16-19H2,1H3,(H,31,36). The predicted molar refractivity (Wildman–Crippen MR) is 151 cm³/mol. The van der Waals surface area contributed by atoms with Crippen molar-refractivity contribution in [2.45, 2.75) is 30.9 Å². The van der Waals surface area contributed by atoms with Gasteiger partial charge in [0.05, 0.1) is 5.75 Å². The van der Waals surface area contributed by atoms with Crippen molar-refractivity contribution >= 4 is 23.5 Å². The average Bonchev–Trinajstić information content (AvgIpc) is 3.65. The van der Waals surface area contributed by atoms with E-state index >= 15 is 0 Å². The number of benzene rings is 1. The molecule has 2 aliphatic heterocycles. The summed E-state index contributed by atoms with van der Waals surface area (Å²) >= 11 is 1.50. The second-order valence-corrected chi connectivity index (χ2v) is 10.6. The number of fused-ring (bicyclic) bond motifs is 1. The molecule has 11 heteroatoms. The number of rotatable bonds is 9. The highest BCUT2D eigenvalue weighted by Gasteiger charge is 2.21. The minimum Gasteiger partial charge on any atom is -0.455 e. The summed E-state index contributed by atoms with van der Waals surface area (Å²) in [5.41, 5.74) is 3.07. The van der Waals surface area contributed by atoms with Crippen molar-refractivity contribution in [1.29, 1.82) is 0 Å². The van der Waals surface area contributed by atoms with Gasteiger partial charge in [-0.25, -0.2) is 9.97 Å². The summed E-state index contributed by atoms with van der Waals surface area (Å²) in [6, 6.07) is 15.5. The Labute approximate surface area is 236 Å². The fourth-order valence-electron chi connectivity index (χ4n) is 4.67. The van der Waals surface area contributed by atoms with Crippen LogP contribution >= 0.6 is 11.8 Å². The molecule has 0 aliphatic carbocycles. The van der Waals surface area contributed by atoms with E-state index in [0.717, 1.165) is 61.3 Å². The first kappa shape index (κ1) is 26.1. The molecule has 1 aromatic carbocycles. The minimum atomic E-state index is -0.258. The van der Waals surface area contributed by atoms with Gasteiger partial charge in [-0.1, -0.05) is 23.9 Å². The number of nitrogens with one attached hydrogen (secondary N) is 1. The summed E-state index contributed by atoms with van der Waals surface area (Å²) in [5.74, 6) is 3.83. The first-order valence-electron chi connectivity index (χ1n) is 13.2. The Kier molecular flexibility index (Phi) is 7.83. The average molecular weight is 559 g/mol. The molecule has 0 saturated carbocycles. The fraction of sp³-hybridized carbons (Fsp3) is 0.310. The zero-order valence-electron chi connectivity index (χ0n) is 22.2. The third-order valence-corrected chi connectivity index (χ3v) is 7.63. The third kappa shape index (κ3) is 6.37. The van der Waals surface area contributed by atoms with Crippen LogP contribution in [0, 0.1) is 6.92 Å². The van der Waals surface area contributed by atoms with Gasteiger partial charge in [0.15, 0.2) is 22.4 Å². The summed E-state index contributed by atoms with van der Waals surface area (Å²) in [4.78, 5) is 30.7. The van der Waals surface area contributed by atoms with Gasteiger partial charge in [0.2, 0.25) is 6.79 Å². The van der Waals surface area contributed by atoms with Gasteiger partial charge in [0.1, 0.15) is 11.6 Å². The minimum absolute atomic E-state index is 0.258. The summed E-state index contributed by atoms with van der Waals surface area (Å²) in [6.07, 6.45) is 3.43. The Morgan fingerprint density at radius 3 is 2.73 bits per heavy atom. The maximum atomic E-state index is 12.5. The Hall–Kier alpha value is -4.09. The van der Waals surface area contributed by atoms with Crippen molar-refractivity contribution in [1.82, 2.24) is 25.2 Å². The van der Waals surface area contributed by atoms with E-state index in [2.05, 4.69) is 37.2 Å². The van der Waals surface area contributed by atoms with E-state index in [9.17, 15) is 4.79 Å². The van der Waals surface area contributed by atoms with Crippen LogP contribution in [0.25, 0.3) is 0 Å². The molecular weight excluding hydrogens is 528 g/mol. The number of carbonyl (C=O) groups excluding carboxylic acids is 1. The highest BCUT2D eigenvalue weighted by Crippen LogP contribution is 2.33. The molecule has 0 bridgehead atoms. The number of hydrogen-bond donors (Lipinski definition) is 1. The molecule has 10 nitrogen and oxygen atoms in total. The van der Waals surface area contributed by atoms with Crippen molar-refractivity contribution in [3.8, 4) is 11.5 Å². The number of piperazine rings is 1. The molecule has 0 spiro atoms. The van der Waals surface area contributed by atoms with Crippen LogP contribution in [0.3, 0.4) is 0 Å². The van der Waals surface area contributed by atoms with Crippen LogP contribution in [-0.4, -0.2) is 58.7 Å². The van der Waals surface area contributed by atoms with Crippen LogP contribution in [0.1, 0.15) is 33.1 Å². The van der Waals surface area contributed by atoms with Crippen molar-refractivity contribution in [2.75, 3.05) is 37.9 Å². The van der Waals surface area contributed by atoms with Gasteiger partial charge in [0.25, 0.3) is 5.91 Å². The number of nitrogens with zero attached hydrogens (tertiary/aromatic N) is 5. The molecule has 40 heavy (non-hydrogen) atoms. The van der Waals surface area contributed by atoms with Gasteiger partial charge in [-0.05, 0) is 48.4 Å². The maximum Gasteiger partial charge on any atom is 0.287 e. The maximum absolute atomic E-state index is 12.5. The molecule has 2 aliphatic rings. The van der Waals surface area contributed by atoms with Crippen LogP contribution in [-0.2, 0) is 18.8 Å². The highest BCUT2D eigenvalue weighted by atomic mass is 32.2. The summed E-state index contributed by atoms with van der Waals surface area (Å²) < 4.78 is 16.7. The molecule has 1 fully saturated rings. The summed E-state index contributed by atoms with van der Waals surface area (Å²) in [5, 5.41) is 3.55. The number of hydrogen-bond acceptors (Lipinski definition) is 10. The first-order valence-corrected chi connectivity index (χ1v) is 14.2. The van der Waals surface area contributed by atoms with E-state index in [1.165, 1.54) is 17.3 Å². The SMILES string of the molecule is Cc1cc(N2CCN(Cc3ccc4c(c3)OCO4)CC2)nc(SCc2ccc(C(=O)NCc3cccnc3)o2)n1. The molecule has 1 N–H and O–H groups in total. The van der Waals surface area contributed by atoms with Crippen LogP contribution in [0.5, 0.6) is 11.5 Å². The Bertz CT molecular complexity index is 1470. The summed E-state index contributed by atoms with van der Waals surface area (Å²) in [7, 11) is 0.